The molecule has 2 aromatic carbocycles. The lowest BCUT2D eigenvalue weighted by molar-refractivity contribution is -0.142. The molecule has 0 fully saturated rings. The number of para-hydroxylation sites is 1. The summed E-state index contributed by atoms with van der Waals surface area (Å²) in [7, 11) is 0. The molecule has 2 rings (SSSR count). The van der Waals surface area contributed by atoms with Gasteiger partial charge in [0, 0.05) is 23.1 Å². The molecule has 0 saturated carbocycles. The molecule has 0 saturated heterocycles. The molecule has 0 aliphatic rings. The summed E-state index contributed by atoms with van der Waals surface area (Å²) >= 11 is 18.4. The van der Waals surface area contributed by atoms with E-state index in [1.807, 2.05) is 13.8 Å². The highest BCUT2D eigenvalue weighted by Crippen LogP contribution is 2.25. The first-order valence-corrected chi connectivity index (χ1v) is 10.7. The standard InChI is InChI=1S/C22H25Cl3N2O3/c1-14(2)11-26-22(29)15(3)27(12-16-8-9-17(23)10-19(16)25)21(28)13-30-20-7-5-4-6-18(20)24/h4-10,14-15H,11-13H2,1-3H3,(H,26,29). The van der Waals surface area contributed by atoms with Gasteiger partial charge in [-0.3, -0.25) is 9.59 Å². The Balaban J connectivity index is 2.19. The Hall–Kier alpha value is -1.95. The number of amides is 2. The Bertz CT molecular complexity index is 890. The van der Waals surface area contributed by atoms with Crippen molar-refractivity contribution in [2.24, 2.45) is 5.92 Å². The van der Waals surface area contributed by atoms with Gasteiger partial charge in [-0.25, -0.2) is 0 Å². The van der Waals surface area contributed by atoms with Gasteiger partial charge in [-0.2, -0.15) is 0 Å². The van der Waals surface area contributed by atoms with Gasteiger partial charge in [-0.05, 0) is 42.7 Å². The SMILES string of the molecule is CC(C)CNC(=O)C(C)N(Cc1ccc(Cl)cc1Cl)C(=O)COc1ccccc1Cl. The van der Waals surface area contributed by atoms with Crippen LogP contribution in [0.25, 0.3) is 0 Å². The number of ether oxygens (including phenoxy) is 1. The van der Waals surface area contributed by atoms with Crippen LogP contribution in [0.15, 0.2) is 42.5 Å². The average molecular weight is 472 g/mol. The maximum Gasteiger partial charge on any atom is 0.261 e. The third kappa shape index (κ3) is 7.08. The van der Waals surface area contributed by atoms with Crippen LogP contribution in [0.4, 0.5) is 0 Å². The maximum absolute atomic E-state index is 13.0. The van der Waals surface area contributed by atoms with Crippen LogP contribution in [0.1, 0.15) is 26.3 Å². The molecule has 2 amide bonds. The zero-order valence-electron chi connectivity index (χ0n) is 17.1. The van der Waals surface area contributed by atoms with Gasteiger partial charge < -0.3 is 15.0 Å². The molecule has 1 N–H and O–H groups in total. The van der Waals surface area contributed by atoms with E-state index in [-0.39, 0.29) is 25.0 Å². The predicted octanol–water partition coefficient (Wildman–Crippen LogP) is 5.22. The second kappa shape index (κ2) is 11.4. The number of benzene rings is 2. The minimum atomic E-state index is -0.724. The second-order valence-electron chi connectivity index (χ2n) is 7.29. The van der Waals surface area contributed by atoms with E-state index < -0.39 is 6.04 Å². The first-order chi connectivity index (χ1) is 14.2. The third-order valence-corrected chi connectivity index (χ3v) is 5.29. The lowest BCUT2D eigenvalue weighted by atomic mass is 10.1. The van der Waals surface area contributed by atoms with Crippen molar-refractivity contribution in [2.75, 3.05) is 13.2 Å². The first kappa shape index (κ1) is 24.3. The Morgan fingerprint density at radius 1 is 1.03 bits per heavy atom. The molecule has 30 heavy (non-hydrogen) atoms. The number of hydrogen-bond donors (Lipinski definition) is 1. The first-order valence-electron chi connectivity index (χ1n) is 9.57. The van der Waals surface area contributed by atoms with Gasteiger partial charge in [-0.15, -0.1) is 0 Å². The van der Waals surface area contributed by atoms with Crippen LogP contribution in [0.2, 0.25) is 15.1 Å². The van der Waals surface area contributed by atoms with Crippen LogP contribution in [0.5, 0.6) is 5.75 Å². The van der Waals surface area contributed by atoms with Crippen molar-refractivity contribution in [3.05, 3.63) is 63.1 Å². The van der Waals surface area contributed by atoms with Crippen LogP contribution in [-0.2, 0) is 16.1 Å². The Kier molecular flexibility index (Phi) is 9.28. The second-order valence-corrected chi connectivity index (χ2v) is 8.54. The van der Waals surface area contributed by atoms with Crippen molar-refractivity contribution in [1.29, 1.82) is 0 Å². The summed E-state index contributed by atoms with van der Waals surface area (Å²) in [5, 5.41) is 4.17. The number of carbonyl (C=O) groups is 2. The lowest BCUT2D eigenvalue weighted by Gasteiger charge is -2.29. The topological polar surface area (TPSA) is 58.6 Å². The zero-order chi connectivity index (χ0) is 22.3. The minimum absolute atomic E-state index is 0.136. The summed E-state index contributed by atoms with van der Waals surface area (Å²) in [6.07, 6.45) is 0. The fraction of sp³-hybridized carbons (Fsp3) is 0.364. The van der Waals surface area contributed by atoms with Crippen molar-refractivity contribution in [2.45, 2.75) is 33.4 Å². The number of nitrogens with zero attached hydrogens (tertiary/aromatic N) is 1. The Morgan fingerprint density at radius 3 is 2.37 bits per heavy atom. The summed E-state index contributed by atoms with van der Waals surface area (Å²) in [6.45, 7) is 6.06. The molecule has 1 atom stereocenters. The Labute approximate surface area is 192 Å². The molecule has 0 radical (unpaired) electrons. The number of carbonyl (C=O) groups excluding carboxylic acids is 2. The summed E-state index contributed by atoms with van der Waals surface area (Å²) in [4.78, 5) is 27.1. The van der Waals surface area contributed by atoms with Crippen molar-refractivity contribution in [1.82, 2.24) is 10.2 Å². The third-order valence-electron chi connectivity index (χ3n) is 4.40. The smallest absolute Gasteiger partial charge is 0.261 e. The van der Waals surface area contributed by atoms with E-state index in [0.29, 0.717) is 38.8 Å². The van der Waals surface area contributed by atoms with Gasteiger partial charge >= 0.3 is 0 Å². The summed E-state index contributed by atoms with van der Waals surface area (Å²) < 4.78 is 5.59. The van der Waals surface area contributed by atoms with Crippen LogP contribution in [0, 0.1) is 5.92 Å². The van der Waals surface area contributed by atoms with Crippen LogP contribution in [0.3, 0.4) is 0 Å². The van der Waals surface area contributed by atoms with E-state index in [4.69, 9.17) is 39.5 Å². The normalized spacial score (nSPS) is 11.8. The minimum Gasteiger partial charge on any atom is -0.482 e. The lowest BCUT2D eigenvalue weighted by Crippen LogP contribution is -2.49. The van der Waals surface area contributed by atoms with Crippen molar-refractivity contribution < 1.29 is 14.3 Å². The van der Waals surface area contributed by atoms with E-state index in [1.54, 1.807) is 49.4 Å². The maximum atomic E-state index is 13.0. The molecule has 0 spiro atoms. The molecule has 0 bridgehead atoms. The van der Waals surface area contributed by atoms with Gasteiger partial charge in [-0.1, -0.05) is 66.8 Å². The molecule has 0 heterocycles. The van der Waals surface area contributed by atoms with Gasteiger partial charge in [0.15, 0.2) is 6.61 Å². The molecular formula is C22H25Cl3N2O3. The van der Waals surface area contributed by atoms with Crippen LogP contribution < -0.4 is 10.1 Å². The summed E-state index contributed by atoms with van der Waals surface area (Å²) in [5.41, 5.74) is 0.677. The van der Waals surface area contributed by atoms with Gasteiger partial charge in [0.2, 0.25) is 5.91 Å². The molecule has 1 unspecified atom stereocenters. The number of nitrogens with one attached hydrogen (secondary N) is 1. The van der Waals surface area contributed by atoms with Crippen LogP contribution in [-0.4, -0.2) is 35.9 Å². The van der Waals surface area contributed by atoms with Crippen LogP contribution >= 0.6 is 34.8 Å². The van der Waals surface area contributed by atoms with E-state index >= 15 is 0 Å². The molecule has 0 aliphatic heterocycles. The molecule has 5 nitrogen and oxygen atoms in total. The van der Waals surface area contributed by atoms with Gasteiger partial charge in [0.25, 0.3) is 5.91 Å². The summed E-state index contributed by atoms with van der Waals surface area (Å²) in [6, 6.07) is 11.2. The number of rotatable bonds is 9. The fourth-order valence-corrected chi connectivity index (χ4v) is 3.31. The molecular weight excluding hydrogens is 447 g/mol. The van der Waals surface area contributed by atoms with Crippen molar-refractivity contribution in [3.8, 4) is 5.75 Å². The van der Waals surface area contributed by atoms with E-state index in [0.717, 1.165) is 0 Å². The van der Waals surface area contributed by atoms with Gasteiger partial charge in [0.1, 0.15) is 11.8 Å². The monoisotopic (exact) mass is 470 g/mol. The Morgan fingerprint density at radius 2 is 1.73 bits per heavy atom. The van der Waals surface area contributed by atoms with E-state index in [2.05, 4.69) is 5.32 Å². The number of hydrogen-bond acceptors (Lipinski definition) is 3. The van der Waals surface area contributed by atoms with E-state index in [9.17, 15) is 9.59 Å². The zero-order valence-corrected chi connectivity index (χ0v) is 19.4. The van der Waals surface area contributed by atoms with Crippen molar-refractivity contribution >= 4 is 46.6 Å². The molecule has 0 aromatic heterocycles. The number of halogens is 3. The highest BCUT2D eigenvalue weighted by molar-refractivity contribution is 6.35. The van der Waals surface area contributed by atoms with Crippen molar-refractivity contribution in [3.63, 3.8) is 0 Å². The highest BCUT2D eigenvalue weighted by Gasteiger charge is 2.27. The molecule has 0 aliphatic carbocycles. The summed E-state index contributed by atoms with van der Waals surface area (Å²) in [5.74, 6) is 0.0708. The quantitative estimate of drug-likeness (QED) is 0.546. The fourth-order valence-electron chi connectivity index (χ4n) is 2.65. The van der Waals surface area contributed by atoms with E-state index in [1.165, 1.54) is 4.90 Å². The molecule has 2 aromatic rings. The highest BCUT2D eigenvalue weighted by atomic mass is 35.5. The largest absolute Gasteiger partial charge is 0.482 e. The molecule has 162 valence electrons. The molecule has 8 heteroatoms. The van der Waals surface area contributed by atoms with Gasteiger partial charge in [0.05, 0.1) is 5.02 Å². The predicted molar refractivity (Wildman–Crippen MR) is 121 cm³/mol. The average Bonchev–Trinajstić information content (AvgIpc) is 2.70.